The highest BCUT2D eigenvalue weighted by Gasteiger charge is 2.35. The van der Waals surface area contributed by atoms with Gasteiger partial charge >= 0.3 is 0 Å². The molecule has 2 heterocycles. The van der Waals surface area contributed by atoms with Crippen LogP contribution in [-0.2, 0) is 5.41 Å². The third-order valence-electron chi connectivity index (χ3n) is 12.8. The normalized spacial score (nSPS) is 13.0. The zero-order valence-electron chi connectivity index (χ0n) is 33.4. The molecular formula is C57H40N2S. The number of benzene rings is 9. The Morgan fingerprint density at radius 3 is 1.67 bits per heavy atom. The van der Waals surface area contributed by atoms with Crippen molar-refractivity contribution in [3.8, 4) is 39.1 Å². The van der Waals surface area contributed by atoms with E-state index in [2.05, 4.69) is 230 Å². The maximum atomic E-state index is 2.45. The smallest absolute Gasteiger partial charge is 0.0541 e. The number of hydrogen-bond acceptors (Lipinski definition) is 2. The number of aromatic nitrogens is 1. The highest BCUT2D eigenvalue weighted by Crippen LogP contribution is 2.51. The molecule has 9 aromatic carbocycles. The van der Waals surface area contributed by atoms with E-state index in [1.165, 1.54) is 92.2 Å². The second-order valence-corrected chi connectivity index (χ2v) is 17.6. The van der Waals surface area contributed by atoms with Crippen molar-refractivity contribution in [3.63, 3.8) is 0 Å². The molecule has 0 radical (unpaired) electrons. The van der Waals surface area contributed by atoms with E-state index in [4.69, 9.17) is 0 Å². The molecule has 284 valence electrons. The van der Waals surface area contributed by atoms with E-state index in [9.17, 15) is 0 Å². The monoisotopic (exact) mass is 784 g/mol. The molecule has 0 unspecified atom stereocenters. The number of fused-ring (bicyclic) bond motifs is 9. The van der Waals surface area contributed by atoms with Crippen molar-refractivity contribution in [2.24, 2.45) is 0 Å². The van der Waals surface area contributed by atoms with Crippen LogP contribution < -0.4 is 4.90 Å². The van der Waals surface area contributed by atoms with Crippen LogP contribution >= 0.6 is 11.3 Å². The highest BCUT2D eigenvalue weighted by atomic mass is 32.1. The van der Waals surface area contributed by atoms with Gasteiger partial charge in [-0.15, -0.1) is 11.3 Å². The average molecular weight is 785 g/mol. The molecule has 0 aliphatic heterocycles. The summed E-state index contributed by atoms with van der Waals surface area (Å²) in [6, 6.07) is 76.1. The van der Waals surface area contributed by atoms with Gasteiger partial charge in [-0.25, -0.2) is 0 Å². The Kier molecular flexibility index (Phi) is 7.79. The van der Waals surface area contributed by atoms with Crippen molar-refractivity contribution in [2.75, 3.05) is 4.90 Å². The molecule has 2 aromatic heterocycles. The fraction of sp³-hybridized carbons (Fsp3) is 0.0526. The summed E-state index contributed by atoms with van der Waals surface area (Å²) >= 11 is 1.89. The molecule has 0 saturated heterocycles. The number of nitrogens with zero attached hydrogens (tertiary/aromatic N) is 2. The second-order valence-electron chi connectivity index (χ2n) is 16.5. The summed E-state index contributed by atoms with van der Waals surface area (Å²) in [4.78, 5) is 2.42. The molecule has 11 aromatic rings. The Balaban J connectivity index is 1.02. The minimum Gasteiger partial charge on any atom is -0.310 e. The minimum absolute atomic E-state index is 0.106. The van der Waals surface area contributed by atoms with Gasteiger partial charge in [0.25, 0.3) is 0 Å². The molecule has 0 N–H and O–H groups in total. The minimum atomic E-state index is -0.106. The largest absolute Gasteiger partial charge is 0.310 e. The Bertz CT molecular complexity index is 3390. The number of para-hydroxylation sites is 2. The molecule has 0 bridgehead atoms. The van der Waals surface area contributed by atoms with E-state index < -0.39 is 0 Å². The predicted molar refractivity (Wildman–Crippen MR) is 257 cm³/mol. The number of thiophene rings is 1. The van der Waals surface area contributed by atoms with Gasteiger partial charge in [-0.3, -0.25) is 0 Å². The van der Waals surface area contributed by atoms with E-state index in [0.29, 0.717) is 0 Å². The topological polar surface area (TPSA) is 8.17 Å². The van der Waals surface area contributed by atoms with Crippen LogP contribution in [0.2, 0.25) is 0 Å². The van der Waals surface area contributed by atoms with Crippen molar-refractivity contribution >= 4 is 70.4 Å². The van der Waals surface area contributed by atoms with Gasteiger partial charge in [0.2, 0.25) is 0 Å². The second kappa shape index (κ2) is 13.4. The average Bonchev–Trinajstić information content (AvgIpc) is 3.92. The molecule has 2 nitrogen and oxygen atoms in total. The Morgan fingerprint density at radius 1 is 0.400 bits per heavy atom. The van der Waals surface area contributed by atoms with Gasteiger partial charge < -0.3 is 9.47 Å². The van der Waals surface area contributed by atoms with Crippen LogP contribution in [0.15, 0.2) is 206 Å². The van der Waals surface area contributed by atoms with Gasteiger partial charge in [0.05, 0.1) is 11.0 Å². The van der Waals surface area contributed by atoms with Crippen LogP contribution in [-0.4, -0.2) is 4.57 Å². The molecule has 60 heavy (non-hydrogen) atoms. The van der Waals surface area contributed by atoms with Crippen LogP contribution in [0.25, 0.3) is 81.0 Å². The lowest BCUT2D eigenvalue weighted by atomic mass is 9.82. The molecule has 1 aliphatic carbocycles. The highest BCUT2D eigenvalue weighted by molar-refractivity contribution is 7.26. The van der Waals surface area contributed by atoms with E-state index >= 15 is 0 Å². The van der Waals surface area contributed by atoms with Crippen LogP contribution in [0.3, 0.4) is 0 Å². The van der Waals surface area contributed by atoms with Crippen molar-refractivity contribution in [3.05, 3.63) is 217 Å². The molecule has 3 heteroatoms. The summed E-state index contributed by atoms with van der Waals surface area (Å²) in [5.74, 6) is 0. The first-order valence-corrected chi connectivity index (χ1v) is 21.6. The molecule has 0 spiro atoms. The quantitative estimate of drug-likeness (QED) is 0.163. The van der Waals surface area contributed by atoms with Gasteiger partial charge in [0.1, 0.15) is 0 Å². The van der Waals surface area contributed by atoms with Crippen LogP contribution in [0.4, 0.5) is 17.1 Å². The Hall–Kier alpha value is -7.20. The van der Waals surface area contributed by atoms with Gasteiger partial charge in [0, 0.05) is 64.7 Å². The van der Waals surface area contributed by atoms with Crippen molar-refractivity contribution in [1.82, 2.24) is 4.57 Å². The molecule has 0 saturated carbocycles. The fourth-order valence-electron chi connectivity index (χ4n) is 9.86. The molecular weight excluding hydrogens is 745 g/mol. The molecule has 0 fully saturated rings. The van der Waals surface area contributed by atoms with E-state index in [-0.39, 0.29) is 5.41 Å². The van der Waals surface area contributed by atoms with Crippen LogP contribution in [0, 0.1) is 0 Å². The van der Waals surface area contributed by atoms with E-state index in [0.717, 1.165) is 17.1 Å². The maximum absolute atomic E-state index is 2.45. The van der Waals surface area contributed by atoms with Crippen molar-refractivity contribution in [1.29, 1.82) is 0 Å². The molecule has 0 atom stereocenters. The fourth-order valence-corrected chi connectivity index (χ4v) is 11.1. The molecule has 1 aliphatic rings. The summed E-state index contributed by atoms with van der Waals surface area (Å²) in [5, 5.41) is 5.12. The SMILES string of the molecule is CC1(C)c2ccccc2-c2ccc(N(c3ccc(-c4ccccc4)cc3)c3ccc(-c4cc(-n5c6ccccc6c6ccccc65)cc5c4sc4ccccc45)cc3)cc21. The first-order chi connectivity index (χ1) is 29.5. The lowest BCUT2D eigenvalue weighted by Crippen LogP contribution is -2.16. The lowest BCUT2D eigenvalue weighted by Gasteiger charge is -2.28. The van der Waals surface area contributed by atoms with E-state index in [1.54, 1.807) is 0 Å². The predicted octanol–water partition coefficient (Wildman–Crippen LogP) is 16.3. The first-order valence-electron chi connectivity index (χ1n) is 20.8. The third-order valence-corrected chi connectivity index (χ3v) is 14.0. The summed E-state index contributed by atoms with van der Waals surface area (Å²) in [5.41, 5.74) is 17.1. The number of anilines is 3. The van der Waals surface area contributed by atoms with Gasteiger partial charge in [0.15, 0.2) is 0 Å². The summed E-state index contributed by atoms with van der Waals surface area (Å²) in [7, 11) is 0. The standard InChI is InChI=1S/C57H40N2S/c1-57(2)51-20-10-6-16-44(51)45-33-32-42(36-52(45)57)58(40-28-24-38(25-29-40)37-14-4-3-5-15-37)41-30-26-39(27-31-41)49-34-43(35-50-48-19-9-13-23-55(48)60-56(49)50)59-53-21-11-7-17-46(53)47-18-8-12-22-54(47)59/h3-36H,1-2H3. The first kappa shape index (κ1) is 34.8. The maximum Gasteiger partial charge on any atom is 0.0541 e. The summed E-state index contributed by atoms with van der Waals surface area (Å²) < 4.78 is 5.06. The number of rotatable bonds is 6. The Morgan fingerprint density at radius 2 is 0.950 bits per heavy atom. The van der Waals surface area contributed by atoms with Crippen LogP contribution in [0.1, 0.15) is 25.0 Å². The van der Waals surface area contributed by atoms with Gasteiger partial charge in [-0.1, -0.05) is 153 Å². The van der Waals surface area contributed by atoms with Crippen molar-refractivity contribution < 1.29 is 0 Å². The summed E-state index contributed by atoms with van der Waals surface area (Å²) in [6.07, 6.45) is 0. The Labute approximate surface area is 353 Å². The zero-order chi connectivity index (χ0) is 40.0. The lowest BCUT2D eigenvalue weighted by molar-refractivity contribution is 0.660. The molecule has 0 amide bonds. The van der Waals surface area contributed by atoms with Crippen molar-refractivity contribution in [2.45, 2.75) is 19.3 Å². The van der Waals surface area contributed by atoms with Gasteiger partial charge in [-0.05, 0) is 106 Å². The third kappa shape index (κ3) is 5.33. The van der Waals surface area contributed by atoms with E-state index in [1.807, 2.05) is 11.3 Å². The summed E-state index contributed by atoms with van der Waals surface area (Å²) in [6.45, 7) is 4.72. The zero-order valence-corrected chi connectivity index (χ0v) is 34.2. The van der Waals surface area contributed by atoms with Gasteiger partial charge in [-0.2, -0.15) is 0 Å². The molecule has 12 rings (SSSR count). The van der Waals surface area contributed by atoms with Crippen LogP contribution in [0.5, 0.6) is 0 Å². The number of hydrogen-bond donors (Lipinski definition) is 0.